The SMILES string of the molecule is COC[C@H](C)Nc1nc(C)nc2scc(-c3ccccc3)c12. The van der Waals surface area contributed by atoms with Crippen molar-refractivity contribution in [3.8, 4) is 11.1 Å². The molecule has 2 aromatic heterocycles. The first-order valence-electron chi connectivity index (χ1n) is 7.25. The van der Waals surface area contributed by atoms with Crippen molar-refractivity contribution >= 4 is 27.4 Å². The Hall–Kier alpha value is -1.98. The number of hydrogen-bond donors (Lipinski definition) is 1. The lowest BCUT2D eigenvalue weighted by Gasteiger charge is -2.15. The van der Waals surface area contributed by atoms with Crippen molar-refractivity contribution in [2.45, 2.75) is 19.9 Å². The summed E-state index contributed by atoms with van der Waals surface area (Å²) in [4.78, 5) is 10.2. The van der Waals surface area contributed by atoms with E-state index in [1.807, 2.05) is 13.0 Å². The fourth-order valence-electron chi connectivity index (χ4n) is 2.51. The van der Waals surface area contributed by atoms with Gasteiger partial charge in [-0.1, -0.05) is 30.3 Å². The van der Waals surface area contributed by atoms with Crippen LogP contribution in [0.2, 0.25) is 0 Å². The van der Waals surface area contributed by atoms with E-state index in [4.69, 9.17) is 4.74 Å². The number of fused-ring (bicyclic) bond motifs is 1. The second kappa shape index (κ2) is 6.42. The molecule has 0 saturated carbocycles. The van der Waals surface area contributed by atoms with E-state index in [2.05, 4.69) is 51.9 Å². The summed E-state index contributed by atoms with van der Waals surface area (Å²) < 4.78 is 5.21. The highest BCUT2D eigenvalue weighted by Gasteiger charge is 2.15. The fraction of sp³-hybridized carbons (Fsp3) is 0.294. The minimum Gasteiger partial charge on any atom is -0.383 e. The van der Waals surface area contributed by atoms with E-state index < -0.39 is 0 Å². The van der Waals surface area contributed by atoms with E-state index in [-0.39, 0.29) is 6.04 Å². The molecular weight excluding hydrogens is 294 g/mol. The van der Waals surface area contributed by atoms with Crippen molar-refractivity contribution in [2.75, 3.05) is 19.0 Å². The van der Waals surface area contributed by atoms with Gasteiger partial charge in [0.15, 0.2) is 0 Å². The van der Waals surface area contributed by atoms with Gasteiger partial charge in [0.2, 0.25) is 0 Å². The highest BCUT2D eigenvalue weighted by atomic mass is 32.1. The smallest absolute Gasteiger partial charge is 0.139 e. The van der Waals surface area contributed by atoms with Crippen molar-refractivity contribution in [3.63, 3.8) is 0 Å². The molecule has 22 heavy (non-hydrogen) atoms. The molecule has 2 heterocycles. The summed E-state index contributed by atoms with van der Waals surface area (Å²) in [6.45, 7) is 4.64. The summed E-state index contributed by atoms with van der Waals surface area (Å²) in [5.74, 6) is 1.66. The monoisotopic (exact) mass is 313 g/mol. The van der Waals surface area contributed by atoms with Crippen molar-refractivity contribution in [1.29, 1.82) is 0 Å². The van der Waals surface area contributed by atoms with Gasteiger partial charge in [-0.05, 0) is 19.4 Å². The zero-order valence-corrected chi connectivity index (χ0v) is 13.8. The molecule has 0 bridgehead atoms. The van der Waals surface area contributed by atoms with E-state index in [1.54, 1.807) is 18.4 Å². The van der Waals surface area contributed by atoms with Gasteiger partial charge in [0, 0.05) is 24.1 Å². The quantitative estimate of drug-likeness (QED) is 0.770. The molecule has 3 aromatic rings. The Balaban J connectivity index is 2.12. The van der Waals surface area contributed by atoms with Gasteiger partial charge in [-0.3, -0.25) is 0 Å². The van der Waals surface area contributed by atoms with E-state index in [9.17, 15) is 0 Å². The van der Waals surface area contributed by atoms with Crippen LogP contribution < -0.4 is 5.32 Å². The minimum atomic E-state index is 0.186. The van der Waals surface area contributed by atoms with Crippen LogP contribution in [-0.2, 0) is 4.74 Å². The molecule has 0 aliphatic heterocycles. The molecule has 0 radical (unpaired) electrons. The molecular formula is C17H19N3OS. The Labute approximate surface area is 134 Å². The molecule has 1 atom stereocenters. The summed E-state index contributed by atoms with van der Waals surface area (Å²) in [7, 11) is 1.71. The first-order chi connectivity index (χ1) is 10.7. The predicted octanol–water partition coefficient (Wildman–Crippen LogP) is 4.11. The second-order valence-electron chi connectivity index (χ2n) is 5.32. The lowest BCUT2D eigenvalue weighted by molar-refractivity contribution is 0.190. The van der Waals surface area contributed by atoms with Crippen LogP contribution in [0.15, 0.2) is 35.7 Å². The average molecular weight is 313 g/mol. The predicted molar refractivity (Wildman–Crippen MR) is 92.5 cm³/mol. The van der Waals surface area contributed by atoms with Crippen LogP contribution in [0.25, 0.3) is 21.3 Å². The maximum atomic E-state index is 5.21. The number of hydrogen-bond acceptors (Lipinski definition) is 5. The van der Waals surface area contributed by atoms with Crippen LogP contribution in [0, 0.1) is 6.92 Å². The Morgan fingerprint density at radius 1 is 1.23 bits per heavy atom. The summed E-state index contributed by atoms with van der Waals surface area (Å²) in [6.07, 6.45) is 0. The maximum absolute atomic E-state index is 5.21. The molecule has 0 aliphatic rings. The first-order valence-corrected chi connectivity index (χ1v) is 8.13. The Kier molecular flexibility index (Phi) is 4.36. The molecule has 0 spiro atoms. The van der Waals surface area contributed by atoms with E-state index in [0.29, 0.717) is 6.61 Å². The lowest BCUT2D eigenvalue weighted by atomic mass is 10.1. The zero-order valence-electron chi connectivity index (χ0n) is 13.0. The summed E-state index contributed by atoms with van der Waals surface area (Å²) in [6, 6.07) is 10.5. The standard InChI is InChI=1S/C17H19N3OS/c1-11(9-21-3)18-16-15-14(13-7-5-4-6-8-13)10-22-17(15)20-12(2)19-16/h4-8,10-11H,9H2,1-3H3,(H,18,19,20)/t11-/m0/s1. The summed E-state index contributed by atoms with van der Waals surface area (Å²) >= 11 is 1.66. The topological polar surface area (TPSA) is 47.0 Å². The van der Waals surface area contributed by atoms with E-state index in [0.717, 1.165) is 21.9 Å². The van der Waals surface area contributed by atoms with E-state index >= 15 is 0 Å². The summed E-state index contributed by atoms with van der Waals surface area (Å²) in [5, 5.41) is 6.69. The largest absolute Gasteiger partial charge is 0.383 e. The first kappa shape index (κ1) is 14.9. The molecule has 0 aliphatic carbocycles. The molecule has 5 heteroatoms. The number of ether oxygens (including phenoxy) is 1. The van der Waals surface area contributed by atoms with Gasteiger partial charge in [0.25, 0.3) is 0 Å². The highest BCUT2D eigenvalue weighted by molar-refractivity contribution is 7.17. The van der Waals surface area contributed by atoms with Gasteiger partial charge in [-0.25, -0.2) is 9.97 Å². The van der Waals surface area contributed by atoms with Crippen molar-refractivity contribution < 1.29 is 4.74 Å². The Morgan fingerprint density at radius 3 is 2.73 bits per heavy atom. The third-order valence-corrected chi connectivity index (χ3v) is 4.30. The molecule has 1 aromatic carbocycles. The third kappa shape index (κ3) is 2.96. The van der Waals surface area contributed by atoms with Crippen LogP contribution in [0.5, 0.6) is 0 Å². The normalized spacial score (nSPS) is 12.5. The van der Waals surface area contributed by atoms with Crippen LogP contribution in [0.1, 0.15) is 12.7 Å². The molecule has 1 N–H and O–H groups in total. The number of aromatic nitrogens is 2. The van der Waals surface area contributed by atoms with Gasteiger partial charge in [0.1, 0.15) is 16.5 Å². The maximum Gasteiger partial charge on any atom is 0.139 e. The second-order valence-corrected chi connectivity index (χ2v) is 6.17. The van der Waals surface area contributed by atoms with Crippen LogP contribution in [0.4, 0.5) is 5.82 Å². The van der Waals surface area contributed by atoms with Crippen molar-refractivity contribution in [1.82, 2.24) is 9.97 Å². The minimum absolute atomic E-state index is 0.186. The van der Waals surface area contributed by atoms with Gasteiger partial charge < -0.3 is 10.1 Å². The van der Waals surface area contributed by atoms with Gasteiger partial charge in [-0.15, -0.1) is 11.3 Å². The number of aryl methyl sites for hydroxylation is 1. The Morgan fingerprint density at radius 2 is 2.00 bits per heavy atom. The van der Waals surface area contributed by atoms with Crippen molar-refractivity contribution in [2.24, 2.45) is 0 Å². The molecule has 0 unspecified atom stereocenters. The van der Waals surface area contributed by atoms with Gasteiger partial charge in [-0.2, -0.15) is 0 Å². The average Bonchev–Trinajstić information content (AvgIpc) is 2.92. The van der Waals surface area contributed by atoms with Crippen LogP contribution in [-0.4, -0.2) is 29.7 Å². The number of nitrogens with zero attached hydrogens (tertiary/aromatic N) is 2. The van der Waals surface area contributed by atoms with Crippen LogP contribution in [0.3, 0.4) is 0 Å². The van der Waals surface area contributed by atoms with Crippen molar-refractivity contribution in [3.05, 3.63) is 41.5 Å². The fourth-order valence-corrected chi connectivity index (χ4v) is 3.50. The lowest BCUT2D eigenvalue weighted by Crippen LogP contribution is -2.21. The zero-order chi connectivity index (χ0) is 15.5. The number of rotatable bonds is 5. The molecule has 0 amide bonds. The molecule has 0 saturated heterocycles. The molecule has 4 nitrogen and oxygen atoms in total. The third-order valence-electron chi connectivity index (χ3n) is 3.43. The van der Waals surface area contributed by atoms with Gasteiger partial charge in [0.05, 0.1) is 12.0 Å². The molecule has 3 rings (SSSR count). The number of benzene rings is 1. The number of thiophene rings is 1. The number of nitrogens with one attached hydrogen (secondary N) is 1. The Bertz CT molecular complexity index is 770. The number of methoxy groups -OCH3 is 1. The molecule has 0 fully saturated rings. The number of anilines is 1. The highest BCUT2D eigenvalue weighted by Crippen LogP contribution is 2.36. The summed E-state index contributed by atoms with van der Waals surface area (Å²) in [5.41, 5.74) is 2.36. The van der Waals surface area contributed by atoms with E-state index in [1.165, 1.54) is 11.1 Å². The molecule has 114 valence electrons. The van der Waals surface area contributed by atoms with Crippen LogP contribution >= 0.6 is 11.3 Å². The van der Waals surface area contributed by atoms with Gasteiger partial charge >= 0.3 is 0 Å².